The smallest absolute Gasteiger partial charge is 0.309 e. The molecule has 0 unspecified atom stereocenters. The van der Waals surface area contributed by atoms with E-state index in [0.29, 0.717) is 32.1 Å². The molecule has 0 radical (unpaired) electrons. The van der Waals surface area contributed by atoms with Crippen molar-refractivity contribution in [3.05, 3.63) is 18.2 Å². The van der Waals surface area contributed by atoms with E-state index >= 15 is 0 Å². The number of amides is 2. The molecule has 2 N–H and O–H groups in total. The van der Waals surface area contributed by atoms with Crippen LogP contribution in [0.5, 0.6) is 11.5 Å². The van der Waals surface area contributed by atoms with E-state index in [4.69, 9.17) is 18.9 Å². The zero-order valence-corrected chi connectivity index (χ0v) is 19.6. The maximum absolute atomic E-state index is 13.1. The van der Waals surface area contributed by atoms with E-state index < -0.39 is 28.1 Å². The first kappa shape index (κ1) is 25.2. The van der Waals surface area contributed by atoms with Gasteiger partial charge in [0.25, 0.3) is 0 Å². The molecule has 0 saturated carbocycles. The van der Waals surface area contributed by atoms with Crippen molar-refractivity contribution in [3.8, 4) is 11.5 Å². The Kier molecular flexibility index (Phi) is 8.86. The average molecular weight is 487 g/mol. The molecule has 1 atom stereocenters. The van der Waals surface area contributed by atoms with E-state index in [0.717, 1.165) is 17.4 Å². The zero-order chi connectivity index (χ0) is 23.8. The average Bonchev–Trinajstić information content (AvgIpc) is 3.32. The van der Waals surface area contributed by atoms with Gasteiger partial charge in [-0.25, -0.2) is 8.42 Å². The molecule has 3 rings (SSSR count). The first-order valence-electron chi connectivity index (χ1n) is 10.6. The second-order valence-corrected chi connectivity index (χ2v) is 9.27. The van der Waals surface area contributed by atoms with Crippen molar-refractivity contribution in [2.24, 2.45) is 0 Å². The molecule has 2 saturated heterocycles. The molecule has 0 aromatic heterocycles. The summed E-state index contributed by atoms with van der Waals surface area (Å²) in [5, 5.41) is 5.01. The number of morpholine rings is 1. The molecule has 2 heterocycles. The quantitative estimate of drug-likeness (QED) is 0.405. The minimum absolute atomic E-state index is 0.00262. The summed E-state index contributed by atoms with van der Waals surface area (Å²) >= 11 is 0. The molecule has 13 heteroatoms. The Hall–Kier alpha value is -2.45. The van der Waals surface area contributed by atoms with E-state index in [1.54, 1.807) is 0 Å². The van der Waals surface area contributed by atoms with Gasteiger partial charge in [0.05, 0.1) is 45.5 Å². The van der Waals surface area contributed by atoms with Crippen LogP contribution in [0.4, 0.5) is 0 Å². The predicted molar refractivity (Wildman–Crippen MR) is 116 cm³/mol. The monoisotopic (exact) mass is 486 g/mol. The normalized spacial score (nSPS) is 19.8. The minimum atomic E-state index is -3.94. The second kappa shape index (κ2) is 11.6. The lowest BCUT2D eigenvalue weighted by Gasteiger charge is -2.26. The standard InChI is InChI=1S/C20H30N4O8S/c1-29-16-4-3-15(13-17(16)30-2)33(27,28)24-9-12-32-18(24)14-22-20(26)19(25)21-5-6-23-7-10-31-11-8-23/h3-4,13,18H,5-12,14H2,1-2H3,(H,21,25)(H,22,26)/t18-/m1/s1. The molecular formula is C20H30N4O8S. The van der Waals surface area contributed by atoms with E-state index in [9.17, 15) is 18.0 Å². The van der Waals surface area contributed by atoms with Gasteiger partial charge in [-0.3, -0.25) is 14.5 Å². The summed E-state index contributed by atoms with van der Waals surface area (Å²) < 4.78 is 48.5. The summed E-state index contributed by atoms with van der Waals surface area (Å²) in [7, 11) is -1.06. The summed E-state index contributed by atoms with van der Waals surface area (Å²) in [6.07, 6.45) is -0.937. The Morgan fingerprint density at radius 1 is 1.03 bits per heavy atom. The third-order valence-electron chi connectivity index (χ3n) is 5.37. The van der Waals surface area contributed by atoms with Crippen LogP contribution in [0.15, 0.2) is 23.1 Å². The fraction of sp³-hybridized carbons (Fsp3) is 0.600. The molecule has 1 aromatic carbocycles. The third kappa shape index (κ3) is 6.32. The van der Waals surface area contributed by atoms with E-state index in [1.165, 1.54) is 32.4 Å². The molecule has 0 spiro atoms. The van der Waals surface area contributed by atoms with Gasteiger partial charge in [-0.1, -0.05) is 0 Å². The summed E-state index contributed by atoms with van der Waals surface area (Å²) in [4.78, 5) is 26.3. The van der Waals surface area contributed by atoms with Crippen molar-refractivity contribution in [1.29, 1.82) is 0 Å². The van der Waals surface area contributed by atoms with E-state index in [-0.39, 0.29) is 30.3 Å². The van der Waals surface area contributed by atoms with Crippen LogP contribution in [0.1, 0.15) is 0 Å². The lowest BCUT2D eigenvalue weighted by atomic mass is 10.3. The number of methoxy groups -OCH3 is 2. The fourth-order valence-electron chi connectivity index (χ4n) is 3.55. The first-order chi connectivity index (χ1) is 15.9. The highest BCUT2D eigenvalue weighted by molar-refractivity contribution is 7.89. The zero-order valence-electron chi connectivity index (χ0n) is 18.7. The van der Waals surface area contributed by atoms with Crippen LogP contribution >= 0.6 is 0 Å². The molecule has 2 aliphatic heterocycles. The molecule has 1 aromatic rings. The van der Waals surface area contributed by atoms with Crippen LogP contribution in [-0.2, 0) is 29.1 Å². The third-order valence-corrected chi connectivity index (χ3v) is 7.25. The van der Waals surface area contributed by atoms with Gasteiger partial charge in [0, 0.05) is 38.8 Å². The van der Waals surface area contributed by atoms with E-state index in [1.807, 2.05) is 0 Å². The molecule has 2 aliphatic rings. The molecule has 2 amide bonds. The van der Waals surface area contributed by atoms with Crippen LogP contribution in [0.3, 0.4) is 0 Å². The number of nitrogens with zero attached hydrogens (tertiary/aromatic N) is 2. The van der Waals surface area contributed by atoms with Crippen molar-refractivity contribution in [3.63, 3.8) is 0 Å². The van der Waals surface area contributed by atoms with Gasteiger partial charge >= 0.3 is 11.8 Å². The molecule has 184 valence electrons. The number of ether oxygens (including phenoxy) is 4. The molecule has 2 fully saturated rings. The SMILES string of the molecule is COc1ccc(S(=O)(=O)N2CCO[C@@H]2CNC(=O)C(=O)NCCN2CCOCC2)cc1OC. The number of benzene rings is 1. The maximum atomic E-state index is 13.1. The van der Waals surface area contributed by atoms with Gasteiger partial charge in [-0.15, -0.1) is 0 Å². The van der Waals surface area contributed by atoms with Gasteiger partial charge in [-0.2, -0.15) is 4.31 Å². The maximum Gasteiger partial charge on any atom is 0.309 e. The summed E-state index contributed by atoms with van der Waals surface area (Å²) in [6, 6.07) is 4.28. The largest absolute Gasteiger partial charge is 0.493 e. The Bertz CT molecular complexity index is 936. The van der Waals surface area contributed by atoms with Crippen LogP contribution in [0.25, 0.3) is 0 Å². The molecular weight excluding hydrogens is 456 g/mol. The number of hydrogen-bond donors (Lipinski definition) is 2. The lowest BCUT2D eigenvalue weighted by Crippen LogP contribution is -2.48. The minimum Gasteiger partial charge on any atom is -0.493 e. The van der Waals surface area contributed by atoms with Gasteiger partial charge in [0.15, 0.2) is 11.5 Å². The van der Waals surface area contributed by atoms with Crippen molar-refractivity contribution in [1.82, 2.24) is 19.8 Å². The summed E-state index contributed by atoms with van der Waals surface area (Å²) in [5.41, 5.74) is 0. The van der Waals surface area contributed by atoms with Crippen molar-refractivity contribution in [2.45, 2.75) is 11.1 Å². The highest BCUT2D eigenvalue weighted by Gasteiger charge is 2.37. The molecule has 12 nitrogen and oxygen atoms in total. The lowest BCUT2D eigenvalue weighted by molar-refractivity contribution is -0.139. The Morgan fingerprint density at radius 2 is 1.73 bits per heavy atom. The topological polar surface area (TPSA) is 136 Å². The van der Waals surface area contributed by atoms with Crippen LogP contribution in [-0.4, -0.2) is 109 Å². The number of sulfonamides is 1. The van der Waals surface area contributed by atoms with Crippen molar-refractivity contribution < 1.29 is 37.0 Å². The Labute approximate surface area is 193 Å². The molecule has 0 bridgehead atoms. The van der Waals surface area contributed by atoms with Gasteiger partial charge in [-0.05, 0) is 12.1 Å². The molecule has 33 heavy (non-hydrogen) atoms. The summed E-state index contributed by atoms with van der Waals surface area (Å²) in [5.74, 6) is -0.957. The Morgan fingerprint density at radius 3 is 2.42 bits per heavy atom. The fourth-order valence-corrected chi connectivity index (χ4v) is 5.07. The van der Waals surface area contributed by atoms with Crippen LogP contribution in [0, 0.1) is 0 Å². The van der Waals surface area contributed by atoms with Crippen LogP contribution < -0.4 is 20.1 Å². The van der Waals surface area contributed by atoms with Gasteiger partial charge < -0.3 is 29.6 Å². The first-order valence-corrected chi connectivity index (χ1v) is 12.0. The second-order valence-electron chi connectivity index (χ2n) is 7.38. The number of hydrogen-bond acceptors (Lipinski definition) is 9. The van der Waals surface area contributed by atoms with Gasteiger partial charge in [0.1, 0.15) is 6.23 Å². The van der Waals surface area contributed by atoms with Crippen LogP contribution in [0.2, 0.25) is 0 Å². The van der Waals surface area contributed by atoms with Gasteiger partial charge in [0.2, 0.25) is 10.0 Å². The number of carbonyl (C=O) groups is 2. The number of nitrogens with one attached hydrogen (secondary N) is 2. The highest BCUT2D eigenvalue weighted by Crippen LogP contribution is 2.31. The number of rotatable bonds is 9. The summed E-state index contributed by atoms with van der Waals surface area (Å²) in [6.45, 7) is 3.93. The predicted octanol–water partition coefficient (Wildman–Crippen LogP) is -1.38. The number of carbonyl (C=O) groups excluding carboxylic acids is 2. The Balaban J connectivity index is 1.53. The van der Waals surface area contributed by atoms with E-state index in [2.05, 4.69) is 15.5 Å². The highest BCUT2D eigenvalue weighted by atomic mass is 32.2. The van der Waals surface area contributed by atoms with Crippen molar-refractivity contribution in [2.75, 3.05) is 73.3 Å². The van der Waals surface area contributed by atoms with Crippen molar-refractivity contribution >= 4 is 21.8 Å². The molecule has 0 aliphatic carbocycles.